The van der Waals surface area contributed by atoms with Gasteiger partial charge < -0.3 is 10.2 Å². The predicted octanol–water partition coefficient (Wildman–Crippen LogP) is 3.37. The number of aryl methyl sites for hydroxylation is 1. The highest BCUT2D eigenvalue weighted by Gasteiger charge is 2.31. The first kappa shape index (κ1) is 18.4. The number of halogens is 3. The second-order valence-corrected chi connectivity index (χ2v) is 6.55. The topological polar surface area (TPSA) is 72.4 Å². The predicted molar refractivity (Wildman–Crippen MR) is 88.9 cm³/mol. The summed E-state index contributed by atoms with van der Waals surface area (Å²) in [7, 11) is 0. The van der Waals surface area contributed by atoms with Crippen LogP contribution in [-0.4, -0.2) is 28.9 Å². The van der Waals surface area contributed by atoms with Crippen molar-refractivity contribution in [1.29, 1.82) is 0 Å². The van der Waals surface area contributed by atoms with Gasteiger partial charge in [0.05, 0.1) is 11.3 Å². The third-order valence-electron chi connectivity index (χ3n) is 4.69. The summed E-state index contributed by atoms with van der Waals surface area (Å²) in [5, 5.41) is 0. The summed E-state index contributed by atoms with van der Waals surface area (Å²) in [6.07, 6.45) is -3.01. The molecule has 1 amide bonds. The van der Waals surface area contributed by atoms with E-state index in [2.05, 4.69) is 9.88 Å². The lowest BCUT2D eigenvalue weighted by molar-refractivity contribution is -0.137. The number of rotatable bonds is 4. The van der Waals surface area contributed by atoms with Crippen molar-refractivity contribution in [2.24, 2.45) is 11.7 Å². The Morgan fingerprint density at radius 2 is 2.04 bits per heavy atom. The number of carbonyl (C=O) groups excluding carboxylic acids is 1. The molecule has 1 aliphatic rings. The molecule has 1 aromatic heterocycles. The number of carbonyl (C=O) groups is 1. The van der Waals surface area contributed by atoms with E-state index in [1.165, 1.54) is 6.07 Å². The Kier molecular flexibility index (Phi) is 5.04. The molecule has 1 saturated heterocycles. The lowest BCUT2D eigenvalue weighted by Crippen LogP contribution is -2.38. The molecule has 3 rings (SSSR count). The van der Waals surface area contributed by atoms with Gasteiger partial charge in [0.15, 0.2) is 0 Å². The molecule has 1 aromatic carbocycles. The molecule has 2 heterocycles. The first-order valence-corrected chi connectivity index (χ1v) is 8.39. The van der Waals surface area contributed by atoms with Gasteiger partial charge in [-0.15, -0.1) is 0 Å². The van der Waals surface area contributed by atoms with Gasteiger partial charge in [0, 0.05) is 18.0 Å². The monoisotopic (exact) mass is 367 g/mol. The molecule has 0 saturated carbocycles. The van der Waals surface area contributed by atoms with Gasteiger partial charge in [-0.3, -0.25) is 9.69 Å². The van der Waals surface area contributed by atoms with Crippen LogP contribution < -0.4 is 5.73 Å². The molecule has 1 aliphatic heterocycles. The van der Waals surface area contributed by atoms with Gasteiger partial charge in [-0.2, -0.15) is 13.2 Å². The fraction of sp³-hybridized carbons (Fsp3) is 0.444. The highest BCUT2D eigenvalue weighted by Crippen LogP contribution is 2.32. The number of piperidine rings is 1. The number of nitrogens with zero attached hydrogens (tertiary/aromatic N) is 2. The van der Waals surface area contributed by atoms with E-state index in [1.807, 2.05) is 0 Å². The maximum atomic E-state index is 12.9. The summed E-state index contributed by atoms with van der Waals surface area (Å²) >= 11 is 0. The molecule has 0 aliphatic carbocycles. The fourth-order valence-electron chi connectivity index (χ4n) is 3.11. The van der Waals surface area contributed by atoms with Crippen LogP contribution in [0.4, 0.5) is 13.2 Å². The Bertz CT molecular complexity index is 793. The quantitative estimate of drug-likeness (QED) is 0.899. The van der Waals surface area contributed by atoms with Gasteiger partial charge >= 0.3 is 6.18 Å². The van der Waals surface area contributed by atoms with Crippen molar-refractivity contribution in [3.05, 3.63) is 41.3 Å². The number of hydrogen-bond donors (Lipinski definition) is 1. The molecule has 0 radical (unpaired) electrons. The maximum absolute atomic E-state index is 12.9. The smallest absolute Gasteiger partial charge is 0.416 e. The van der Waals surface area contributed by atoms with Crippen molar-refractivity contribution in [2.75, 3.05) is 13.1 Å². The largest absolute Gasteiger partial charge is 0.441 e. The summed E-state index contributed by atoms with van der Waals surface area (Å²) in [4.78, 5) is 17.8. The van der Waals surface area contributed by atoms with E-state index in [4.69, 9.17) is 10.2 Å². The molecule has 2 N–H and O–H groups in total. The third-order valence-corrected chi connectivity index (χ3v) is 4.69. The van der Waals surface area contributed by atoms with Crippen LogP contribution >= 0.6 is 0 Å². The Morgan fingerprint density at radius 3 is 2.65 bits per heavy atom. The van der Waals surface area contributed by atoms with E-state index in [0.717, 1.165) is 25.2 Å². The highest BCUT2D eigenvalue weighted by molar-refractivity contribution is 5.76. The number of amides is 1. The number of benzene rings is 1. The summed E-state index contributed by atoms with van der Waals surface area (Å²) < 4.78 is 44.2. The van der Waals surface area contributed by atoms with Crippen molar-refractivity contribution < 1.29 is 22.4 Å². The zero-order valence-corrected chi connectivity index (χ0v) is 14.3. The number of aromatic nitrogens is 1. The molecule has 8 heteroatoms. The van der Waals surface area contributed by atoms with Crippen LogP contribution in [0, 0.1) is 12.8 Å². The summed E-state index contributed by atoms with van der Waals surface area (Å²) in [5.41, 5.74) is 5.58. The van der Waals surface area contributed by atoms with E-state index >= 15 is 0 Å². The van der Waals surface area contributed by atoms with Crippen LogP contribution in [-0.2, 0) is 17.5 Å². The van der Waals surface area contributed by atoms with E-state index in [0.29, 0.717) is 36.4 Å². The Hall–Kier alpha value is -2.35. The molecule has 1 fully saturated rings. The van der Waals surface area contributed by atoms with Crippen molar-refractivity contribution in [1.82, 2.24) is 9.88 Å². The molecule has 140 valence electrons. The molecule has 2 aromatic rings. The highest BCUT2D eigenvalue weighted by atomic mass is 19.4. The van der Waals surface area contributed by atoms with Crippen LogP contribution in [0.25, 0.3) is 11.5 Å². The second-order valence-electron chi connectivity index (χ2n) is 6.55. The minimum Gasteiger partial charge on any atom is -0.441 e. The number of oxazole rings is 1. The molecular formula is C18H20F3N3O2. The molecule has 5 nitrogen and oxygen atoms in total. The van der Waals surface area contributed by atoms with Gasteiger partial charge in [0.25, 0.3) is 0 Å². The summed E-state index contributed by atoms with van der Waals surface area (Å²) in [6.45, 7) is 3.72. The van der Waals surface area contributed by atoms with E-state index in [-0.39, 0.29) is 17.7 Å². The molecule has 26 heavy (non-hydrogen) atoms. The van der Waals surface area contributed by atoms with E-state index < -0.39 is 11.7 Å². The van der Waals surface area contributed by atoms with Crippen LogP contribution in [0.5, 0.6) is 0 Å². The molecule has 0 atom stereocenters. The van der Waals surface area contributed by atoms with Gasteiger partial charge in [-0.05, 0) is 51.1 Å². The zero-order chi connectivity index (χ0) is 18.9. The van der Waals surface area contributed by atoms with Gasteiger partial charge in [0.2, 0.25) is 11.8 Å². The van der Waals surface area contributed by atoms with Crippen LogP contribution in [0.1, 0.15) is 29.9 Å². The third kappa shape index (κ3) is 4.07. The molecule has 0 spiro atoms. The maximum Gasteiger partial charge on any atom is 0.416 e. The normalized spacial score (nSPS) is 16.8. The molecule has 0 bridgehead atoms. The number of likely N-dealkylation sites (tertiary alicyclic amines) is 1. The van der Waals surface area contributed by atoms with Crippen molar-refractivity contribution >= 4 is 5.91 Å². The van der Waals surface area contributed by atoms with Gasteiger partial charge in [-0.25, -0.2) is 4.98 Å². The second kappa shape index (κ2) is 7.11. The fourth-order valence-corrected chi connectivity index (χ4v) is 3.11. The SMILES string of the molecule is Cc1oc(-c2cccc(C(F)(F)F)c2)nc1CN1CCC(C(N)=O)CC1. The number of alkyl halides is 3. The Morgan fingerprint density at radius 1 is 1.35 bits per heavy atom. The Balaban J connectivity index is 1.73. The first-order chi connectivity index (χ1) is 12.2. The summed E-state index contributed by atoms with van der Waals surface area (Å²) in [5.74, 6) is 0.393. The summed E-state index contributed by atoms with van der Waals surface area (Å²) in [6, 6.07) is 4.94. The van der Waals surface area contributed by atoms with Gasteiger partial charge in [-0.1, -0.05) is 6.07 Å². The van der Waals surface area contributed by atoms with E-state index in [9.17, 15) is 18.0 Å². The van der Waals surface area contributed by atoms with Crippen molar-refractivity contribution in [2.45, 2.75) is 32.5 Å². The van der Waals surface area contributed by atoms with Crippen molar-refractivity contribution in [3.63, 3.8) is 0 Å². The van der Waals surface area contributed by atoms with Gasteiger partial charge in [0.1, 0.15) is 5.76 Å². The lowest BCUT2D eigenvalue weighted by atomic mass is 9.96. The first-order valence-electron chi connectivity index (χ1n) is 8.39. The molecule has 0 unspecified atom stereocenters. The lowest BCUT2D eigenvalue weighted by Gasteiger charge is -2.29. The average molecular weight is 367 g/mol. The van der Waals surface area contributed by atoms with Crippen LogP contribution in [0.2, 0.25) is 0 Å². The minimum absolute atomic E-state index is 0.0923. The van der Waals surface area contributed by atoms with Crippen molar-refractivity contribution in [3.8, 4) is 11.5 Å². The van der Waals surface area contributed by atoms with Crippen LogP contribution in [0.3, 0.4) is 0 Å². The zero-order valence-electron chi connectivity index (χ0n) is 14.3. The van der Waals surface area contributed by atoms with E-state index in [1.54, 1.807) is 13.0 Å². The van der Waals surface area contributed by atoms with Crippen LogP contribution in [0.15, 0.2) is 28.7 Å². The standard InChI is InChI=1S/C18H20F3N3O2/c1-11-15(10-24-7-5-12(6-8-24)16(22)25)23-17(26-11)13-3-2-4-14(9-13)18(19,20)21/h2-4,9,12H,5-8,10H2,1H3,(H2,22,25). The number of primary amides is 1. The number of hydrogen-bond acceptors (Lipinski definition) is 4. The minimum atomic E-state index is -4.41. The Labute approximate surface area is 149 Å². The molecular weight excluding hydrogens is 347 g/mol. The average Bonchev–Trinajstić information content (AvgIpc) is 2.95. The number of nitrogens with two attached hydrogens (primary N) is 1.